The lowest BCUT2D eigenvalue weighted by atomic mass is 10.2. The molecular weight excluding hydrogens is 178 g/mol. The summed E-state index contributed by atoms with van der Waals surface area (Å²) < 4.78 is 0. The molecule has 3 N–H and O–H groups in total. The summed E-state index contributed by atoms with van der Waals surface area (Å²) >= 11 is 0. The fourth-order valence-corrected chi connectivity index (χ4v) is 1.02. The van der Waals surface area contributed by atoms with Crippen LogP contribution in [0.2, 0.25) is 0 Å². The molecule has 4 heteroatoms. The van der Waals surface area contributed by atoms with Gasteiger partial charge < -0.3 is 10.8 Å². The minimum atomic E-state index is 0.0620. The molecular formula is C10H15N3O. The van der Waals surface area contributed by atoms with Crippen LogP contribution in [0.1, 0.15) is 26.2 Å². The van der Waals surface area contributed by atoms with E-state index >= 15 is 0 Å². The van der Waals surface area contributed by atoms with E-state index in [9.17, 15) is 5.11 Å². The van der Waals surface area contributed by atoms with Crippen LogP contribution in [0.3, 0.4) is 0 Å². The Kier molecular flexibility index (Phi) is 3.91. The van der Waals surface area contributed by atoms with Gasteiger partial charge in [-0.05, 0) is 18.6 Å². The highest BCUT2D eigenvalue weighted by Gasteiger charge is 1.99. The summed E-state index contributed by atoms with van der Waals surface area (Å²) in [5, 5.41) is 9.36. The average molecular weight is 193 g/mol. The van der Waals surface area contributed by atoms with Crippen molar-refractivity contribution >= 4 is 11.7 Å². The van der Waals surface area contributed by atoms with Crippen molar-refractivity contribution in [1.29, 1.82) is 0 Å². The molecule has 0 aliphatic rings. The van der Waals surface area contributed by atoms with Crippen molar-refractivity contribution in [1.82, 2.24) is 4.98 Å². The number of hydrogen-bond donors (Lipinski definition) is 2. The number of amidine groups is 1. The maximum atomic E-state index is 9.36. The molecule has 14 heavy (non-hydrogen) atoms. The molecule has 0 atom stereocenters. The highest BCUT2D eigenvalue weighted by molar-refractivity contribution is 5.83. The van der Waals surface area contributed by atoms with Gasteiger partial charge in [0.05, 0.1) is 0 Å². The number of hydrogen-bond acceptors (Lipinski definition) is 3. The van der Waals surface area contributed by atoms with Crippen LogP contribution in [-0.4, -0.2) is 15.9 Å². The standard InChI is InChI=1S/C10H15N3O/c1-2-3-6-9(11)13-10-8(14)5-4-7-12-10/h4-5,7,14H,2-3,6H2,1H3,(H2,11,12,13). The van der Waals surface area contributed by atoms with Crippen LogP contribution in [0.5, 0.6) is 5.75 Å². The van der Waals surface area contributed by atoms with Gasteiger partial charge in [0.15, 0.2) is 11.6 Å². The molecule has 4 nitrogen and oxygen atoms in total. The lowest BCUT2D eigenvalue weighted by molar-refractivity contribution is 0.474. The second-order valence-corrected chi connectivity index (χ2v) is 3.05. The molecule has 0 fully saturated rings. The van der Waals surface area contributed by atoms with Gasteiger partial charge in [-0.25, -0.2) is 9.98 Å². The Labute approximate surface area is 83.5 Å². The summed E-state index contributed by atoms with van der Waals surface area (Å²) in [7, 11) is 0. The molecule has 0 aliphatic heterocycles. The first-order valence-corrected chi connectivity index (χ1v) is 4.71. The van der Waals surface area contributed by atoms with Gasteiger partial charge in [-0.1, -0.05) is 13.3 Å². The smallest absolute Gasteiger partial charge is 0.196 e. The quantitative estimate of drug-likeness (QED) is 0.567. The van der Waals surface area contributed by atoms with E-state index in [1.165, 1.54) is 0 Å². The Balaban J connectivity index is 2.71. The second kappa shape index (κ2) is 5.21. The van der Waals surface area contributed by atoms with Crippen molar-refractivity contribution in [2.24, 2.45) is 10.7 Å². The minimum Gasteiger partial charge on any atom is -0.504 e. The lowest BCUT2D eigenvalue weighted by Gasteiger charge is -2.00. The Morgan fingerprint density at radius 3 is 3.07 bits per heavy atom. The zero-order valence-corrected chi connectivity index (χ0v) is 8.27. The summed E-state index contributed by atoms with van der Waals surface area (Å²) in [5.41, 5.74) is 5.66. The van der Waals surface area contributed by atoms with Gasteiger partial charge in [0.25, 0.3) is 0 Å². The first kappa shape index (κ1) is 10.5. The van der Waals surface area contributed by atoms with Crippen LogP contribution in [0.4, 0.5) is 5.82 Å². The third-order valence-corrected chi connectivity index (χ3v) is 1.80. The van der Waals surface area contributed by atoms with Crippen molar-refractivity contribution in [2.75, 3.05) is 0 Å². The number of aromatic nitrogens is 1. The zero-order chi connectivity index (χ0) is 10.4. The summed E-state index contributed by atoms with van der Waals surface area (Å²) in [6.07, 6.45) is 4.39. The van der Waals surface area contributed by atoms with Gasteiger partial charge in [0, 0.05) is 12.6 Å². The Bertz CT molecular complexity index is 323. The summed E-state index contributed by atoms with van der Waals surface area (Å²) in [5.74, 6) is 0.869. The SMILES string of the molecule is CCCC/C(N)=N\c1ncccc1O. The molecule has 0 saturated heterocycles. The first-order chi connectivity index (χ1) is 6.74. The molecule has 76 valence electrons. The molecule has 0 saturated carbocycles. The maximum Gasteiger partial charge on any atom is 0.196 e. The van der Waals surface area contributed by atoms with Crippen molar-refractivity contribution in [3.63, 3.8) is 0 Å². The number of nitrogens with zero attached hydrogens (tertiary/aromatic N) is 2. The maximum absolute atomic E-state index is 9.36. The van der Waals surface area contributed by atoms with E-state index in [1.54, 1.807) is 18.3 Å². The molecule has 1 heterocycles. The zero-order valence-electron chi connectivity index (χ0n) is 8.27. The number of rotatable bonds is 4. The monoisotopic (exact) mass is 193 g/mol. The van der Waals surface area contributed by atoms with E-state index in [2.05, 4.69) is 16.9 Å². The molecule has 0 aliphatic carbocycles. The van der Waals surface area contributed by atoms with Crippen LogP contribution in [-0.2, 0) is 0 Å². The number of aliphatic imine (C=N–C) groups is 1. The summed E-state index contributed by atoms with van der Waals surface area (Å²) in [6.45, 7) is 2.09. The van der Waals surface area contributed by atoms with Gasteiger partial charge in [-0.15, -0.1) is 0 Å². The second-order valence-electron chi connectivity index (χ2n) is 3.05. The number of unbranched alkanes of at least 4 members (excludes halogenated alkanes) is 1. The van der Waals surface area contributed by atoms with Crippen molar-refractivity contribution in [3.8, 4) is 5.75 Å². The topological polar surface area (TPSA) is 71.5 Å². The van der Waals surface area contributed by atoms with Gasteiger partial charge >= 0.3 is 0 Å². The van der Waals surface area contributed by atoms with Gasteiger partial charge in [0.2, 0.25) is 0 Å². The summed E-state index contributed by atoms with van der Waals surface area (Å²) in [4.78, 5) is 7.94. The van der Waals surface area contributed by atoms with Crippen LogP contribution < -0.4 is 5.73 Å². The number of nitrogens with two attached hydrogens (primary N) is 1. The Morgan fingerprint density at radius 2 is 2.43 bits per heavy atom. The molecule has 0 spiro atoms. The fraction of sp³-hybridized carbons (Fsp3) is 0.400. The van der Waals surface area contributed by atoms with E-state index in [0.717, 1.165) is 19.3 Å². The number of aromatic hydroxyl groups is 1. The van der Waals surface area contributed by atoms with Crippen LogP contribution in [0, 0.1) is 0 Å². The van der Waals surface area contributed by atoms with Crippen molar-refractivity contribution in [2.45, 2.75) is 26.2 Å². The third kappa shape index (κ3) is 3.05. The van der Waals surface area contributed by atoms with Crippen molar-refractivity contribution < 1.29 is 5.11 Å². The van der Waals surface area contributed by atoms with E-state index in [4.69, 9.17) is 5.73 Å². The van der Waals surface area contributed by atoms with Crippen LogP contribution in [0.15, 0.2) is 23.3 Å². The predicted octanol–water partition coefficient (Wildman–Crippen LogP) is 1.97. The van der Waals surface area contributed by atoms with E-state index < -0.39 is 0 Å². The molecule has 0 radical (unpaired) electrons. The van der Waals surface area contributed by atoms with E-state index in [-0.39, 0.29) is 5.75 Å². The molecule has 0 unspecified atom stereocenters. The normalized spacial score (nSPS) is 11.6. The third-order valence-electron chi connectivity index (χ3n) is 1.80. The van der Waals surface area contributed by atoms with Gasteiger partial charge in [-0.2, -0.15) is 0 Å². The number of pyridine rings is 1. The Morgan fingerprint density at radius 1 is 1.64 bits per heavy atom. The molecule has 1 aromatic heterocycles. The largest absolute Gasteiger partial charge is 0.504 e. The predicted molar refractivity (Wildman–Crippen MR) is 56.7 cm³/mol. The van der Waals surface area contributed by atoms with Crippen molar-refractivity contribution in [3.05, 3.63) is 18.3 Å². The molecule has 0 amide bonds. The molecule has 1 aromatic rings. The van der Waals surface area contributed by atoms with E-state index in [0.29, 0.717) is 11.7 Å². The molecule has 1 rings (SSSR count). The van der Waals surface area contributed by atoms with Gasteiger partial charge in [-0.3, -0.25) is 0 Å². The highest BCUT2D eigenvalue weighted by Crippen LogP contribution is 2.21. The molecule has 0 bridgehead atoms. The average Bonchev–Trinajstić information content (AvgIpc) is 2.18. The van der Waals surface area contributed by atoms with E-state index in [1.807, 2.05) is 0 Å². The van der Waals surface area contributed by atoms with Crippen LogP contribution >= 0.6 is 0 Å². The first-order valence-electron chi connectivity index (χ1n) is 4.71. The lowest BCUT2D eigenvalue weighted by Crippen LogP contribution is -2.10. The fourth-order valence-electron chi connectivity index (χ4n) is 1.02. The highest BCUT2D eigenvalue weighted by atomic mass is 16.3. The van der Waals surface area contributed by atoms with Gasteiger partial charge in [0.1, 0.15) is 5.84 Å². The molecule has 0 aromatic carbocycles. The summed E-state index contributed by atoms with van der Waals surface area (Å²) in [6, 6.07) is 3.19. The minimum absolute atomic E-state index is 0.0620. The van der Waals surface area contributed by atoms with Crippen LogP contribution in [0.25, 0.3) is 0 Å². The Hall–Kier alpha value is -1.58.